The second kappa shape index (κ2) is 11.5. The van der Waals surface area contributed by atoms with Crippen molar-refractivity contribution in [3.8, 4) is 5.75 Å². The Morgan fingerprint density at radius 2 is 1.78 bits per heavy atom. The summed E-state index contributed by atoms with van der Waals surface area (Å²) in [5.41, 5.74) is 1.95. The van der Waals surface area contributed by atoms with Gasteiger partial charge >= 0.3 is 6.03 Å². The van der Waals surface area contributed by atoms with Gasteiger partial charge in [-0.2, -0.15) is 0 Å². The number of carbonyl (C=O) groups is 2. The van der Waals surface area contributed by atoms with Gasteiger partial charge in [0.05, 0.1) is 7.11 Å². The lowest BCUT2D eigenvalue weighted by atomic mass is 10.2. The van der Waals surface area contributed by atoms with Crippen LogP contribution in [0.5, 0.6) is 5.75 Å². The molecule has 0 unspecified atom stereocenters. The van der Waals surface area contributed by atoms with Crippen LogP contribution in [0.15, 0.2) is 48.5 Å². The van der Waals surface area contributed by atoms with Crippen molar-refractivity contribution >= 4 is 11.9 Å². The molecule has 1 aliphatic heterocycles. The Hall–Kier alpha value is -3.13. The highest BCUT2D eigenvalue weighted by Gasteiger charge is 2.21. The monoisotopic (exact) mass is 442 g/mol. The fourth-order valence-electron chi connectivity index (χ4n) is 3.70. The van der Waals surface area contributed by atoms with E-state index in [4.69, 9.17) is 4.74 Å². The van der Waals surface area contributed by atoms with Gasteiger partial charge in [-0.1, -0.05) is 36.4 Å². The van der Waals surface area contributed by atoms with Crippen LogP contribution in [0.2, 0.25) is 0 Å². The number of halogens is 1. The average Bonchev–Trinajstić information content (AvgIpc) is 2.80. The van der Waals surface area contributed by atoms with E-state index in [-0.39, 0.29) is 29.9 Å². The maximum absolute atomic E-state index is 13.9. The SMILES string of the molecule is COc1ccc(CN2CCN(C(=O)NCCC(=O)N(C)Cc3ccccc3)CC2)cc1F. The number of urea groups is 1. The van der Waals surface area contributed by atoms with Crippen LogP contribution in [0.4, 0.5) is 9.18 Å². The van der Waals surface area contributed by atoms with Crippen LogP contribution < -0.4 is 10.1 Å². The Bertz CT molecular complexity index is 901. The van der Waals surface area contributed by atoms with E-state index in [2.05, 4.69) is 10.2 Å². The largest absolute Gasteiger partial charge is 0.494 e. The van der Waals surface area contributed by atoms with Crippen molar-refractivity contribution < 1.29 is 18.7 Å². The van der Waals surface area contributed by atoms with Gasteiger partial charge in [-0.25, -0.2) is 9.18 Å². The molecule has 1 N–H and O–H groups in total. The van der Waals surface area contributed by atoms with Crippen LogP contribution in [0.3, 0.4) is 0 Å². The first-order valence-electron chi connectivity index (χ1n) is 10.8. The van der Waals surface area contributed by atoms with E-state index in [0.717, 1.165) is 11.1 Å². The van der Waals surface area contributed by atoms with Gasteiger partial charge in [-0.05, 0) is 23.3 Å². The maximum atomic E-state index is 13.9. The summed E-state index contributed by atoms with van der Waals surface area (Å²) >= 11 is 0. The summed E-state index contributed by atoms with van der Waals surface area (Å²) in [5.74, 6) is -0.141. The van der Waals surface area contributed by atoms with Crippen LogP contribution in [-0.2, 0) is 17.9 Å². The standard InChI is InChI=1S/C24H31FN4O3/c1-27(17-19-6-4-3-5-7-19)23(30)10-11-26-24(31)29-14-12-28(13-15-29)18-20-8-9-22(32-2)21(25)16-20/h3-9,16H,10-15,17-18H2,1-2H3,(H,26,31). The van der Waals surface area contributed by atoms with Crippen molar-refractivity contribution in [2.24, 2.45) is 0 Å². The fraction of sp³-hybridized carbons (Fsp3) is 0.417. The summed E-state index contributed by atoms with van der Waals surface area (Å²) in [5, 5.41) is 2.84. The molecule has 0 atom stereocenters. The van der Waals surface area contributed by atoms with Gasteiger partial charge in [0, 0.05) is 59.3 Å². The Kier molecular flexibility index (Phi) is 8.44. The van der Waals surface area contributed by atoms with E-state index in [9.17, 15) is 14.0 Å². The first-order chi connectivity index (χ1) is 15.5. The number of ether oxygens (including phenoxy) is 1. The quantitative estimate of drug-likeness (QED) is 0.683. The third-order valence-corrected chi connectivity index (χ3v) is 5.59. The summed E-state index contributed by atoms with van der Waals surface area (Å²) in [6.07, 6.45) is 0.262. The smallest absolute Gasteiger partial charge is 0.317 e. The van der Waals surface area contributed by atoms with Crippen molar-refractivity contribution in [2.45, 2.75) is 19.5 Å². The van der Waals surface area contributed by atoms with Gasteiger partial charge in [-0.15, -0.1) is 0 Å². The predicted molar refractivity (Wildman–Crippen MR) is 121 cm³/mol. The van der Waals surface area contributed by atoms with Crippen molar-refractivity contribution in [2.75, 3.05) is 46.9 Å². The molecule has 0 bridgehead atoms. The molecule has 2 aromatic rings. The molecular formula is C24H31FN4O3. The summed E-state index contributed by atoms with van der Waals surface area (Å²) in [6, 6.07) is 14.6. The molecule has 1 aliphatic rings. The molecule has 1 heterocycles. The van der Waals surface area contributed by atoms with Crippen molar-refractivity contribution in [1.29, 1.82) is 0 Å². The lowest BCUT2D eigenvalue weighted by Crippen LogP contribution is -2.51. The minimum absolute atomic E-state index is 0.00861. The Labute approximate surface area is 188 Å². The first-order valence-corrected chi connectivity index (χ1v) is 10.8. The summed E-state index contributed by atoms with van der Waals surface area (Å²) in [6.45, 7) is 4.08. The molecule has 0 aromatic heterocycles. The second-order valence-corrected chi connectivity index (χ2v) is 7.95. The molecule has 0 radical (unpaired) electrons. The number of hydrogen-bond acceptors (Lipinski definition) is 4. The normalized spacial score (nSPS) is 14.2. The van der Waals surface area contributed by atoms with Crippen molar-refractivity contribution in [3.05, 3.63) is 65.5 Å². The minimum Gasteiger partial charge on any atom is -0.494 e. The molecule has 0 spiro atoms. The molecule has 1 saturated heterocycles. The number of carbonyl (C=O) groups excluding carboxylic acids is 2. The highest BCUT2D eigenvalue weighted by Crippen LogP contribution is 2.19. The number of hydrogen-bond donors (Lipinski definition) is 1. The zero-order chi connectivity index (χ0) is 22.9. The van der Waals surface area contributed by atoms with Gasteiger partial charge < -0.3 is 19.9 Å². The van der Waals surface area contributed by atoms with Gasteiger partial charge in [0.15, 0.2) is 11.6 Å². The lowest BCUT2D eigenvalue weighted by molar-refractivity contribution is -0.130. The van der Waals surface area contributed by atoms with E-state index in [1.807, 2.05) is 36.4 Å². The molecule has 3 amide bonds. The molecule has 3 rings (SSSR count). The molecule has 1 fully saturated rings. The summed E-state index contributed by atoms with van der Waals surface area (Å²) in [7, 11) is 3.21. The van der Waals surface area contributed by atoms with E-state index in [1.165, 1.54) is 13.2 Å². The number of methoxy groups -OCH3 is 1. The highest BCUT2D eigenvalue weighted by atomic mass is 19.1. The molecule has 32 heavy (non-hydrogen) atoms. The van der Waals surface area contributed by atoms with Crippen molar-refractivity contribution in [1.82, 2.24) is 20.0 Å². The van der Waals surface area contributed by atoms with E-state index < -0.39 is 0 Å². The van der Waals surface area contributed by atoms with E-state index in [0.29, 0.717) is 45.8 Å². The number of nitrogens with one attached hydrogen (secondary N) is 1. The summed E-state index contributed by atoms with van der Waals surface area (Å²) in [4.78, 5) is 30.3. The molecule has 0 saturated carbocycles. The number of amides is 3. The van der Waals surface area contributed by atoms with Gasteiger partial charge in [0.1, 0.15) is 0 Å². The molecule has 0 aliphatic carbocycles. The third kappa shape index (κ3) is 6.68. The maximum Gasteiger partial charge on any atom is 0.317 e. The number of nitrogens with zero attached hydrogens (tertiary/aromatic N) is 3. The molecule has 172 valence electrons. The van der Waals surface area contributed by atoms with E-state index in [1.54, 1.807) is 22.9 Å². The average molecular weight is 443 g/mol. The summed E-state index contributed by atoms with van der Waals surface area (Å²) < 4.78 is 18.8. The number of benzene rings is 2. The molecular weight excluding hydrogens is 411 g/mol. The van der Waals surface area contributed by atoms with Gasteiger partial charge in [0.25, 0.3) is 0 Å². The number of rotatable bonds is 8. The Morgan fingerprint density at radius 3 is 2.44 bits per heavy atom. The Balaban J connectivity index is 1.35. The van der Waals surface area contributed by atoms with Gasteiger partial charge in [0.2, 0.25) is 5.91 Å². The van der Waals surface area contributed by atoms with Crippen molar-refractivity contribution in [3.63, 3.8) is 0 Å². The van der Waals surface area contributed by atoms with Crippen LogP contribution in [0.1, 0.15) is 17.5 Å². The minimum atomic E-state index is -0.369. The highest BCUT2D eigenvalue weighted by molar-refractivity contribution is 5.78. The van der Waals surface area contributed by atoms with Crippen LogP contribution in [0, 0.1) is 5.82 Å². The topological polar surface area (TPSA) is 65.1 Å². The molecule has 7 nitrogen and oxygen atoms in total. The fourth-order valence-corrected chi connectivity index (χ4v) is 3.70. The van der Waals surface area contributed by atoms with Crippen LogP contribution in [0.25, 0.3) is 0 Å². The van der Waals surface area contributed by atoms with Gasteiger partial charge in [-0.3, -0.25) is 9.69 Å². The van der Waals surface area contributed by atoms with Crippen LogP contribution in [-0.4, -0.2) is 73.5 Å². The van der Waals surface area contributed by atoms with Crippen LogP contribution >= 0.6 is 0 Å². The first kappa shape index (κ1) is 23.5. The zero-order valence-corrected chi connectivity index (χ0v) is 18.7. The molecule has 8 heteroatoms. The predicted octanol–water partition coefficient (Wildman–Crippen LogP) is 2.71. The lowest BCUT2D eigenvalue weighted by Gasteiger charge is -2.34. The second-order valence-electron chi connectivity index (χ2n) is 7.95. The Morgan fingerprint density at radius 1 is 1.06 bits per heavy atom. The zero-order valence-electron chi connectivity index (χ0n) is 18.7. The number of piperazine rings is 1. The molecule has 2 aromatic carbocycles. The van der Waals surface area contributed by atoms with E-state index >= 15 is 0 Å². The third-order valence-electron chi connectivity index (χ3n) is 5.59.